The van der Waals surface area contributed by atoms with E-state index in [1.54, 1.807) is 12.1 Å². The van der Waals surface area contributed by atoms with Gasteiger partial charge in [-0.05, 0) is 65.6 Å². The second kappa shape index (κ2) is 9.23. The molecule has 158 valence electrons. The molecule has 0 aliphatic heterocycles. The first-order chi connectivity index (χ1) is 13.9. The van der Waals surface area contributed by atoms with Crippen LogP contribution in [-0.4, -0.2) is 17.0 Å². The highest BCUT2D eigenvalue weighted by molar-refractivity contribution is 7.60. The van der Waals surface area contributed by atoms with Crippen LogP contribution in [0, 0.1) is 0 Å². The van der Waals surface area contributed by atoms with E-state index in [-0.39, 0.29) is 7.92 Å². The third-order valence-corrected chi connectivity index (χ3v) is 11.2. The van der Waals surface area contributed by atoms with Gasteiger partial charge >= 0.3 is 6.18 Å². The van der Waals surface area contributed by atoms with Gasteiger partial charge in [-0.2, -0.15) is 13.2 Å². The standard InChI is InChI=1S/C24H31F3P2/c25-24(26,27)18-13-11-17(12-14-18)23-21(28)15-16-22(23)29(19-7-3-1-4-8-19)20-9-5-2-6-10-20/h11-16,19-20,22H,1-10,28H2. The fourth-order valence-electron chi connectivity index (χ4n) is 5.49. The summed E-state index contributed by atoms with van der Waals surface area (Å²) < 4.78 is 39.1. The minimum Gasteiger partial charge on any atom is -0.166 e. The predicted octanol–water partition coefficient (Wildman–Crippen LogP) is 8.38. The van der Waals surface area contributed by atoms with Crippen molar-refractivity contribution in [2.24, 2.45) is 0 Å². The Bertz CT molecular complexity index is 733. The zero-order valence-electron chi connectivity index (χ0n) is 16.9. The van der Waals surface area contributed by atoms with Gasteiger partial charge in [0.05, 0.1) is 5.56 Å². The average molecular weight is 438 g/mol. The topological polar surface area (TPSA) is 0 Å². The quantitative estimate of drug-likeness (QED) is 0.414. The number of allylic oxidation sites excluding steroid dienone is 4. The van der Waals surface area contributed by atoms with Crippen LogP contribution in [-0.2, 0) is 6.18 Å². The molecule has 0 heterocycles. The molecule has 0 aromatic heterocycles. The monoisotopic (exact) mass is 438 g/mol. The molecule has 2 atom stereocenters. The van der Waals surface area contributed by atoms with Crippen molar-refractivity contribution in [1.82, 2.24) is 0 Å². The Balaban J connectivity index is 1.65. The van der Waals surface area contributed by atoms with Gasteiger partial charge in [0.2, 0.25) is 0 Å². The lowest BCUT2D eigenvalue weighted by Crippen LogP contribution is -2.26. The fourth-order valence-corrected chi connectivity index (χ4v) is 10.4. The van der Waals surface area contributed by atoms with Crippen LogP contribution in [0.5, 0.6) is 0 Å². The van der Waals surface area contributed by atoms with Gasteiger partial charge in [0.15, 0.2) is 0 Å². The number of hydrogen-bond acceptors (Lipinski definition) is 0. The van der Waals surface area contributed by atoms with Crippen LogP contribution in [0.25, 0.3) is 5.57 Å². The van der Waals surface area contributed by atoms with E-state index in [0.29, 0.717) is 5.66 Å². The van der Waals surface area contributed by atoms with Crippen molar-refractivity contribution in [1.29, 1.82) is 0 Å². The molecule has 2 fully saturated rings. The molecule has 1 aromatic rings. The van der Waals surface area contributed by atoms with Crippen molar-refractivity contribution >= 4 is 22.7 Å². The Hall–Kier alpha value is -0.650. The summed E-state index contributed by atoms with van der Waals surface area (Å²) in [5, 5.41) is 1.16. The van der Waals surface area contributed by atoms with Crippen LogP contribution >= 0.6 is 17.2 Å². The summed E-state index contributed by atoms with van der Waals surface area (Å²) in [6.45, 7) is 0. The molecule has 2 unspecified atom stereocenters. The maximum Gasteiger partial charge on any atom is 0.416 e. The lowest BCUT2D eigenvalue weighted by Gasteiger charge is -2.42. The summed E-state index contributed by atoms with van der Waals surface area (Å²) in [5.41, 5.74) is 3.72. The van der Waals surface area contributed by atoms with Gasteiger partial charge in [0.25, 0.3) is 0 Å². The number of rotatable bonds is 4. The third kappa shape index (κ3) is 4.83. The van der Waals surface area contributed by atoms with Crippen molar-refractivity contribution in [2.45, 2.75) is 87.4 Å². The first-order valence-electron chi connectivity index (χ1n) is 11.1. The molecule has 2 saturated carbocycles. The molecule has 1 aromatic carbocycles. The SMILES string of the molecule is FC(F)(F)c1ccc(C2=C(P)C=CC2P(C2CCCCC2)C2CCCCC2)cc1. The number of alkyl halides is 3. The summed E-state index contributed by atoms with van der Waals surface area (Å²) in [5.74, 6) is 0. The molecule has 0 N–H and O–H groups in total. The summed E-state index contributed by atoms with van der Waals surface area (Å²) in [6, 6.07) is 5.88. The van der Waals surface area contributed by atoms with Crippen LogP contribution in [0.15, 0.2) is 41.7 Å². The van der Waals surface area contributed by atoms with Gasteiger partial charge in [-0.1, -0.05) is 70.7 Å². The summed E-state index contributed by atoms with van der Waals surface area (Å²) >= 11 is 0. The highest BCUT2D eigenvalue weighted by Crippen LogP contribution is 2.63. The second-order valence-electron chi connectivity index (χ2n) is 8.78. The number of hydrogen-bond donors (Lipinski definition) is 0. The summed E-state index contributed by atoms with van der Waals surface area (Å²) in [7, 11) is 2.65. The molecule has 3 aliphatic carbocycles. The Labute approximate surface area is 176 Å². The minimum absolute atomic E-state index is 0.198. The smallest absolute Gasteiger partial charge is 0.166 e. The molecule has 3 aliphatic rings. The third-order valence-electron chi connectivity index (χ3n) is 6.90. The van der Waals surface area contributed by atoms with Gasteiger partial charge in [0.1, 0.15) is 0 Å². The molecule has 0 amide bonds. The van der Waals surface area contributed by atoms with Crippen LogP contribution in [0.4, 0.5) is 13.2 Å². The average Bonchev–Trinajstić information content (AvgIpc) is 3.10. The van der Waals surface area contributed by atoms with Crippen LogP contribution in [0.2, 0.25) is 0 Å². The molecule has 4 rings (SSSR count). The predicted molar refractivity (Wildman–Crippen MR) is 122 cm³/mol. The molecule has 0 saturated heterocycles. The molecular weight excluding hydrogens is 407 g/mol. The van der Waals surface area contributed by atoms with E-state index >= 15 is 0 Å². The maximum absolute atomic E-state index is 13.0. The molecule has 0 radical (unpaired) electrons. The normalized spacial score (nSPS) is 24.7. The fraction of sp³-hybridized carbons (Fsp3) is 0.583. The number of benzene rings is 1. The van der Waals surface area contributed by atoms with E-state index < -0.39 is 11.7 Å². The van der Waals surface area contributed by atoms with Gasteiger partial charge in [-0.15, -0.1) is 9.24 Å². The van der Waals surface area contributed by atoms with Crippen molar-refractivity contribution in [2.75, 3.05) is 0 Å². The molecule has 0 nitrogen and oxygen atoms in total. The molecule has 29 heavy (non-hydrogen) atoms. The Morgan fingerprint density at radius 3 is 1.79 bits per heavy atom. The highest BCUT2D eigenvalue weighted by atomic mass is 31.1. The molecular formula is C24H31F3P2. The Morgan fingerprint density at radius 1 is 0.793 bits per heavy atom. The zero-order valence-corrected chi connectivity index (χ0v) is 19.0. The zero-order chi connectivity index (χ0) is 20.4. The minimum atomic E-state index is -4.28. The van der Waals surface area contributed by atoms with Crippen LogP contribution in [0.3, 0.4) is 0 Å². The van der Waals surface area contributed by atoms with Crippen molar-refractivity contribution in [3.05, 3.63) is 52.9 Å². The van der Waals surface area contributed by atoms with E-state index in [0.717, 1.165) is 22.2 Å². The highest BCUT2D eigenvalue weighted by Gasteiger charge is 2.39. The second-order valence-corrected chi connectivity index (χ2v) is 12.3. The Morgan fingerprint density at radius 2 is 1.31 bits per heavy atom. The van der Waals surface area contributed by atoms with E-state index in [4.69, 9.17) is 0 Å². The van der Waals surface area contributed by atoms with Crippen molar-refractivity contribution < 1.29 is 13.2 Å². The summed E-state index contributed by atoms with van der Waals surface area (Å²) in [6.07, 6.45) is 13.8. The first kappa shape index (κ1) is 21.6. The lowest BCUT2D eigenvalue weighted by molar-refractivity contribution is -0.137. The van der Waals surface area contributed by atoms with Gasteiger partial charge in [0, 0.05) is 5.66 Å². The van der Waals surface area contributed by atoms with E-state index in [9.17, 15) is 13.2 Å². The Kier molecular flexibility index (Phi) is 6.87. The van der Waals surface area contributed by atoms with Crippen molar-refractivity contribution in [3.8, 4) is 0 Å². The molecule has 0 bridgehead atoms. The van der Waals surface area contributed by atoms with Crippen LogP contribution < -0.4 is 0 Å². The molecule has 5 heteroatoms. The molecule has 0 spiro atoms. The van der Waals surface area contributed by atoms with E-state index in [1.807, 2.05) is 0 Å². The van der Waals surface area contributed by atoms with Gasteiger partial charge < -0.3 is 0 Å². The largest absolute Gasteiger partial charge is 0.416 e. The van der Waals surface area contributed by atoms with E-state index in [2.05, 4.69) is 21.4 Å². The van der Waals surface area contributed by atoms with Gasteiger partial charge in [-0.25, -0.2) is 0 Å². The van der Waals surface area contributed by atoms with Crippen molar-refractivity contribution in [3.63, 3.8) is 0 Å². The van der Waals surface area contributed by atoms with E-state index in [1.165, 1.54) is 81.9 Å². The van der Waals surface area contributed by atoms with Crippen LogP contribution in [0.1, 0.15) is 75.3 Å². The summed E-state index contributed by atoms with van der Waals surface area (Å²) in [4.78, 5) is 0. The lowest BCUT2D eigenvalue weighted by atomic mass is 9.99. The maximum atomic E-state index is 13.0. The number of halogens is 3. The first-order valence-corrected chi connectivity index (χ1v) is 13.2. The van der Waals surface area contributed by atoms with Gasteiger partial charge in [-0.3, -0.25) is 0 Å².